The van der Waals surface area contributed by atoms with Crippen LogP contribution in [0.2, 0.25) is 0 Å². The van der Waals surface area contributed by atoms with Gasteiger partial charge >= 0.3 is 0 Å². The van der Waals surface area contributed by atoms with E-state index in [-0.39, 0.29) is 6.04 Å². The van der Waals surface area contributed by atoms with E-state index in [0.717, 1.165) is 0 Å². The van der Waals surface area contributed by atoms with Crippen molar-refractivity contribution in [3.8, 4) is 6.07 Å². The fourth-order valence-corrected chi connectivity index (χ4v) is 2.79. The summed E-state index contributed by atoms with van der Waals surface area (Å²) >= 11 is 0. The van der Waals surface area contributed by atoms with Crippen LogP contribution in [0, 0.1) is 11.3 Å². The fourth-order valence-electron chi connectivity index (χ4n) is 2.79. The maximum atomic E-state index is 8.73. The van der Waals surface area contributed by atoms with Crippen molar-refractivity contribution in [3.05, 3.63) is 53.0 Å². The molecule has 0 spiro atoms. The van der Waals surface area contributed by atoms with Gasteiger partial charge < -0.3 is 5.32 Å². The third-order valence-electron chi connectivity index (χ3n) is 4.00. The van der Waals surface area contributed by atoms with Gasteiger partial charge in [-0.3, -0.25) is 0 Å². The quantitative estimate of drug-likeness (QED) is 0.934. The highest BCUT2D eigenvalue weighted by Crippen LogP contribution is 2.26. The van der Waals surface area contributed by atoms with Crippen LogP contribution >= 0.6 is 0 Å². The van der Waals surface area contributed by atoms with Crippen LogP contribution in [0.25, 0.3) is 0 Å². The summed E-state index contributed by atoms with van der Waals surface area (Å²) in [5.41, 5.74) is 4.58. The predicted octanol–water partition coefficient (Wildman–Crippen LogP) is 3.40. The SMILES string of the molecule is CC(Nc1cnc(C#N)cn1)c1ccc2c(c1)CCCC2. The Bertz CT molecular complexity index is 670. The number of anilines is 1. The molecule has 1 atom stereocenters. The molecule has 4 nitrogen and oxygen atoms in total. The van der Waals surface area contributed by atoms with E-state index < -0.39 is 0 Å². The van der Waals surface area contributed by atoms with Crippen LogP contribution in [-0.4, -0.2) is 9.97 Å². The average Bonchev–Trinajstić information content (AvgIpc) is 2.55. The predicted molar refractivity (Wildman–Crippen MR) is 81.9 cm³/mol. The van der Waals surface area contributed by atoms with Crippen LogP contribution in [0.1, 0.15) is 48.2 Å². The molecule has 2 aromatic rings. The molecule has 1 aliphatic carbocycles. The summed E-state index contributed by atoms with van der Waals surface area (Å²) in [4.78, 5) is 8.23. The van der Waals surface area contributed by atoms with E-state index >= 15 is 0 Å². The van der Waals surface area contributed by atoms with E-state index in [1.54, 1.807) is 6.20 Å². The first-order valence-electron chi connectivity index (χ1n) is 7.36. The third-order valence-corrected chi connectivity index (χ3v) is 4.00. The smallest absolute Gasteiger partial charge is 0.158 e. The van der Waals surface area contributed by atoms with Gasteiger partial charge in [-0.2, -0.15) is 5.26 Å². The Balaban J connectivity index is 1.75. The lowest BCUT2D eigenvalue weighted by molar-refractivity contribution is 0.683. The molecule has 1 N–H and O–H groups in total. The van der Waals surface area contributed by atoms with Crippen LogP contribution in [0.15, 0.2) is 30.6 Å². The number of nitrogens with zero attached hydrogens (tertiary/aromatic N) is 3. The summed E-state index contributed by atoms with van der Waals surface area (Å²) in [7, 11) is 0. The Morgan fingerprint density at radius 3 is 2.67 bits per heavy atom. The van der Waals surface area contributed by atoms with Crippen LogP contribution in [0.3, 0.4) is 0 Å². The molecule has 0 saturated heterocycles. The molecule has 21 heavy (non-hydrogen) atoms. The number of aromatic nitrogens is 2. The number of rotatable bonds is 3. The molecule has 0 saturated carbocycles. The summed E-state index contributed by atoms with van der Waals surface area (Å²) in [6, 6.07) is 8.90. The Morgan fingerprint density at radius 1 is 1.14 bits per heavy atom. The highest BCUT2D eigenvalue weighted by Gasteiger charge is 2.12. The molecular weight excluding hydrogens is 260 g/mol. The van der Waals surface area contributed by atoms with Gasteiger partial charge in [0.25, 0.3) is 0 Å². The molecule has 1 unspecified atom stereocenters. The highest BCUT2D eigenvalue weighted by molar-refractivity contribution is 5.40. The summed E-state index contributed by atoms with van der Waals surface area (Å²) in [5, 5.41) is 12.1. The van der Waals surface area contributed by atoms with Crippen molar-refractivity contribution in [3.63, 3.8) is 0 Å². The number of aryl methyl sites for hydroxylation is 2. The Morgan fingerprint density at radius 2 is 1.95 bits per heavy atom. The Kier molecular flexibility index (Phi) is 3.83. The lowest BCUT2D eigenvalue weighted by Gasteiger charge is -2.20. The second kappa shape index (κ2) is 5.92. The van der Waals surface area contributed by atoms with Crippen molar-refractivity contribution in [1.82, 2.24) is 9.97 Å². The zero-order chi connectivity index (χ0) is 14.7. The second-order valence-corrected chi connectivity index (χ2v) is 5.50. The van der Waals surface area contributed by atoms with Crippen molar-refractivity contribution in [2.45, 2.75) is 38.6 Å². The lowest BCUT2D eigenvalue weighted by atomic mass is 9.89. The number of fused-ring (bicyclic) bond motifs is 1. The molecule has 0 fully saturated rings. The van der Waals surface area contributed by atoms with Crippen molar-refractivity contribution < 1.29 is 0 Å². The first-order chi connectivity index (χ1) is 10.3. The fraction of sp³-hybridized carbons (Fsp3) is 0.353. The molecule has 106 valence electrons. The molecule has 0 amide bonds. The normalized spacial score (nSPS) is 14.9. The third kappa shape index (κ3) is 3.03. The van der Waals surface area contributed by atoms with Crippen molar-refractivity contribution in [2.75, 3.05) is 5.32 Å². The topological polar surface area (TPSA) is 61.6 Å². The minimum atomic E-state index is 0.166. The van der Waals surface area contributed by atoms with E-state index in [1.165, 1.54) is 48.6 Å². The van der Waals surface area contributed by atoms with E-state index in [4.69, 9.17) is 5.26 Å². The molecule has 0 aliphatic heterocycles. The molecule has 1 aromatic carbocycles. The van der Waals surface area contributed by atoms with E-state index in [9.17, 15) is 0 Å². The molecule has 3 rings (SSSR count). The number of nitrogens with one attached hydrogen (secondary N) is 1. The zero-order valence-electron chi connectivity index (χ0n) is 12.1. The van der Waals surface area contributed by atoms with Gasteiger partial charge in [-0.1, -0.05) is 18.2 Å². The molecule has 1 aliphatic rings. The van der Waals surface area contributed by atoms with Gasteiger partial charge in [0.1, 0.15) is 11.9 Å². The molecule has 4 heteroatoms. The first-order valence-corrected chi connectivity index (χ1v) is 7.36. The van der Waals surface area contributed by atoms with Crippen LogP contribution in [0.5, 0.6) is 0 Å². The van der Waals surface area contributed by atoms with E-state index in [2.05, 4.69) is 40.4 Å². The van der Waals surface area contributed by atoms with Crippen molar-refractivity contribution >= 4 is 5.82 Å². The van der Waals surface area contributed by atoms with Crippen LogP contribution in [0.4, 0.5) is 5.82 Å². The van der Waals surface area contributed by atoms with Gasteiger partial charge in [-0.15, -0.1) is 0 Å². The first kappa shape index (κ1) is 13.6. The molecule has 0 radical (unpaired) electrons. The number of nitriles is 1. The highest BCUT2D eigenvalue weighted by atomic mass is 15.0. The van der Waals surface area contributed by atoms with E-state index in [0.29, 0.717) is 11.5 Å². The van der Waals surface area contributed by atoms with Gasteiger partial charge in [-0.05, 0) is 49.3 Å². The zero-order valence-corrected chi connectivity index (χ0v) is 12.1. The van der Waals surface area contributed by atoms with Crippen molar-refractivity contribution in [1.29, 1.82) is 5.26 Å². The standard InChI is InChI=1S/C17H18N4/c1-12(21-17-11-19-16(9-18)10-20-17)14-7-6-13-4-2-3-5-15(13)8-14/h6-8,10-12H,2-5H2,1H3,(H,20,21). The minimum absolute atomic E-state index is 0.166. The molecule has 1 aromatic heterocycles. The van der Waals surface area contributed by atoms with Gasteiger partial charge in [0.05, 0.1) is 18.4 Å². The average molecular weight is 278 g/mol. The molecule has 0 bridgehead atoms. The molecular formula is C17H18N4. The number of hydrogen-bond acceptors (Lipinski definition) is 4. The second-order valence-electron chi connectivity index (χ2n) is 5.50. The van der Waals surface area contributed by atoms with Gasteiger partial charge in [-0.25, -0.2) is 9.97 Å². The van der Waals surface area contributed by atoms with Crippen molar-refractivity contribution in [2.24, 2.45) is 0 Å². The van der Waals surface area contributed by atoms with Crippen LogP contribution in [-0.2, 0) is 12.8 Å². The largest absolute Gasteiger partial charge is 0.362 e. The monoisotopic (exact) mass is 278 g/mol. The Hall–Kier alpha value is -2.41. The maximum Gasteiger partial charge on any atom is 0.158 e. The van der Waals surface area contributed by atoms with Gasteiger partial charge in [0.15, 0.2) is 5.69 Å². The summed E-state index contributed by atoms with van der Waals surface area (Å²) < 4.78 is 0. The summed E-state index contributed by atoms with van der Waals surface area (Å²) in [6.07, 6.45) is 8.08. The summed E-state index contributed by atoms with van der Waals surface area (Å²) in [6.45, 7) is 2.12. The number of hydrogen-bond donors (Lipinski definition) is 1. The lowest BCUT2D eigenvalue weighted by Crippen LogP contribution is -2.10. The number of benzene rings is 1. The summed E-state index contributed by atoms with van der Waals surface area (Å²) in [5.74, 6) is 0.694. The van der Waals surface area contributed by atoms with Gasteiger partial charge in [0.2, 0.25) is 0 Å². The molecule has 1 heterocycles. The minimum Gasteiger partial charge on any atom is -0.362 e. The van der Waals surface area contributed by atoms with Gasteiger partial charge in [0, 0.05) is 0 Å². The maximum absolute atomic E-state index is 8.73. The van der Waals surface area contributed by atoms with E-state index in [1.807, 2.05) is 6.07 Å². The van der Waals surface area contributed by atoms with Crippen LogP contribution < -0.4 is 5.32 Å². The Labute approximate surface area is 124 Å².